The SMILES string of the molecule is C[C@H](Oc1ccccc1C(=O)N[C@H](C)C(=O)N(C)Cc1ccccc1)C(=O)Nc1ccc(I)cc1. The molecule has 2 N–H and O–H groups in total. The number of benzene rings is 3. The molecule has 0 aliphatic heterocycles. The van der Waals surface area contributed by atoms with Crippen LogP contribution in [0.5, 0.6) is 5.75 Å². The lowest BCUT2D eigenvalue weighted by molar-refractivity contribution is -0.132. The quantitative estimate of drug-likeness (QED) is 0.363. The highest BCUT2D eigenvalue weighted by atomic mass is 127. The molecular weight excluding hydrogens is 557 g/mol. The van der Waals surface area contributed by atoms with Crippen molar-refractivity contribution in [2.45, 2.75) is 32.5 Å². The van der Waals surface area contributed by atoms with Crippen LogP contribution < -0.4 is 15.4 Å². The molecule has 0 aromatic heterocycles. The van der Waals surface area contributed by atoms with Gasteiger partial charge in [0.05, 0.1) is 5.56 Å². The molecule has 0 aliphatic carbocycles. The van der Waals surface area contributed by atoms with Crippen LogP contribution >= 0.6 is 22.6 Å². The van der Waals surface area contributed by atoms with Gasteiger partial charge in [-0.3, -0.25) is 14.4 Å². The summed E-state index contributed by atoms with van der Waals surface area (Å²) in [6.07, 6.45) is -0.848. The Morgan fingerprint density at radius 2 is 1.54 bits per heavy atom. The van der Waals surface area contributed by atoms with Gasteiger partial charge in [0.25, 0.3) is 11.8 Å². The lowest BCUT2D eigenvalue weighted by atomic mass is 10.1. The number of carbonyl (C=O) groups is 3. The van der Waals surface area contributed by atoms with E-state index in [0.29, 0.717) is 12.2 Å². The lowest BCUT2D eigenvalue weighted by Crippen LogP contribution is -2.45. The Bertz CT molecular complexity index is 1170. The summed E-state index contributed by atoms with van der Waals surface area (Å²) in [4.78, 5) is 39.9. The van der Waals surface area contributed by atoms with Crippen molar-refractivity contribution in [1.29, 1.82) is 0 Å². The third-order valence-corrected chi connectivity index (χ3v) is 5.99. The third-order valence-electron chi connectivity index (χ3n) is 5.27. The molecule has 0 saturated heterocycles. The topological polar surface area (TPSA) is 87.7 Å². The van der Waals surface area contributed by atoms with Crippen LogP contribution in [0.3, 0.4) is 0 Å². The van der Waals surface area contributed by atoms with Crippen LogP contribution in [-0.2, 0) is 16.1 Å². The molecule has 0 spiro atoms. The van der Waals surface area contributed by atoms with Gasteiger partial charge in [0.15, 0.2) is 6.10 Å². The fourth-order valence-electron chi connectivity index (χ4n) is 3.38. The monoisotopic (exact) mass is 585 g/mol. The predicted molar refractivity (Wildman–Crippen MR) is 144 cm³/mol. The number of hydrogen-bond acceptors (Lipinski definition) is 4. The molecule has 8 heteroatoms. The van der Waals surface area contributed by atoms with E-state index in [2.05, 4.69) is 33.2 Å². The van der Waals surface area contributed by atoms with Crippen molar-refractivity contribution in [2.24, 2.45) is 0 Å². The second kappa shape index (κ2) is 12.3. The molecule has 0 heterocycles. The minimum atomic E-state index is -0.848. The molecule has 0 bridgehead atoms. The maximum absolute atomic E-state index is 13.0. The number of amides is 3. The second-order valence-corrected chi connectivity index (χ2v) is 9.37. The fourth-order valence-corrected chi connectivity index (χ4v) is 3.74. The minimum Gasteiger partial charge on any atom is -0.480 e. The summed E-state index contributed by atoms with van der Waals surface area (Å²) in [5.41, 5.74) is 1.90. The van der Waals surface area contributed by atoms with E-state index >= 15 is 0 Å². The van der Waals surface area contributed by atoms with Gasteiger partial charge in [0.1, 0.15) is 11.8 Å². The van der Waals surface area contributed by atoms with E-state index in [9.17, 15) is 14.4 Å². The third kappa shape index (κ3) is 7.54. The molecule has 0 unspecified atom stereocenters. The lowest BCUT2D eigenvalue weighted by Gasteiger charge is -2.23. The first-order valence-corrected chi connectivity index (χ1v) is 12.2. The summed E-state index contributed by atoms with van der Waals surface area (Å²) in [6, 6.07) is 22.9. The number of para-hydroxylation sites is 1. The van der Waals surface area contributed by atoms with Crippen LogP contribution in [-0.4, -0.2) is 41.8 Å². The summed E-state index contributed by atoms with van der Waals surface area (Å²) in [5, 5.41) is 5.54. The normalized spacial score (nSPS) is 12.2. The molecule has 7 nitrogen and oxygen atoms in total. The molecule has 3 amide bonds. The molecule has 35 heavy (non-hydrogen) atoms. The molecule has 0 fully saturated rings. The van der Waals surface area contributed by atoms with Gasteiger partial charge in [-0.25, -0.2) is 0 Å². The Morgan fingerprint density at radius 3 is 2.23 bits per heavy atom. The highest BCUT2D eigenvalue weighted by Gasteiger charge is 2.23. The van der Waals surface area contributed by atoms with Gasteiger partial charge in [-0.15, -0.1) is 0 Å². The summed E-state index contributed by atoms with van der Waals surface area (Å²) in [6.45, 7) is 3.69. The zero-order valence-electron chi connectivity index (χ0n) is 19.8. The van der Waals surface area contributed by atoms with Crippen molar-refractivity contribution >= 4 is 46.0 Å². The minimum absolute atomic E-state index is 0.217. The van der Waals surface area contributed by atoms with Gasteiger partial charge in [-0.1, -0.05) is 42.5 Å². The maximum atomic E-state index is 13.0. The number of rotatable bonds is 9. The predicted octanol–water partition coefficient (Wildman–Crippen LogP) is 4.47. The molecule has 182 valence electrons. The van der Waals surface area contributed by atoms with Crippen molar-refractivity contribution < 1.29 is 19.1 Å². The molecule has 3 aromatic carbocycles. The number of hydrogen-bond donors (Lipinski definition) is 2. The Balaban J connectivity index is 1.61. The first-order chi connectivity index (χ1) is 16.7. The largest absolute Gasteiger partial charge is 0.480 e. The van der Waals surface area contributed by atoms with E-state index < -0.39 is 18.1 Å². The summed E-state index contributed by atoms with van der Waals surface area (Å²) in [7, 11) is 1.70. The average molecular weight is 585 g/mol. The Labute approximate surface area is 219 Å². The number of nitrogens with zero attached hydrogens (tertiary/aromatic N) is 1. The first-order valence-electron chi connectivity index (χ1n) is 11.2. The van der Waals surface area contributed by atoms with Crippen LogP contribution in [0.25, 0.3) is 0 Å². The van der Waals surface area contributed by atoms with Crippen LogP contribution in [0.4, 0.5) is 5.69 Å². The van der Waals surface area contributed by atoms with Crippen molar-refractivity contribution in [3.8, 4) is 5.75 Å². The molecule has 0 saturated carbocycles. The van der Waals surface area contributed by atoms with Crippen molar-refractivity contribution in [3.63, 3.8) is 0 Å². The number of anilines is 1. The smallest absolute Gasteiger partial charge is 0.265 e. The van der Waals surface area contributed by atoms with Gasteiger partial charge in [-0.2, -0.15) is 0 Å². The first kappa shape index (κ1) is 26.2. The van der Waals surface area contributed by atoms with E-state index in [0.717, 1.165) is 9.13 Å². The zero-order valence-corrected chi connectivity index (χ0v) is 22.0. The molecule has 0 radical (unpaired) electrons. The Hall–Kier alpha value is -3.40. The van der Waals surface area contributed by atoms with E-state index in [1.807, 2.05) is 42.5 Å². The van der Waals surface area contributed by atoms with E-state index in [1.165, 1.54) is 0 Å². The number of halogens is 1. The second-order valence-electron chi connectivity index (χ2n) is 8.13. The number of carbonyl (C=O) groups excluding carboxylic acids is 3. The van der Waals surface area contributed by atoms with Crippen molar-refractivity contribution in [2.75, 3.05) is 12.4 Å². The molecule has 0 aliphatic rings. The standard InChI is InChI=1S/C27H28IN3O4/c1-18(27(34)31(3)17-20-9-5-4-6-10-20)29-26(33)23-11-7-8-12-24(23)35-19(2)25(32)30-22-15-13-21(28)14-16-22/h4-16,18-19H,17H2,1-3H3,(H,29,33)(H,30,32)/t18-,19+/m1/s1. The van der Waals surface area contributed by atoms with Crippen LogP contribution in [0.15, 0.2) is 78.9 Å². The molecule has 3 rings (SSSR count). The number of nitrogens with one attached hydrogen (secondary N) is 2. The van der Waals surface area contributed by atoms with Crippen LogP contribution in [0.2, 0.25) is 0 Å². The maximum Gasteiger partial charge on any atom is 0.265 e. The van der Waals surface area contributed by atoms with Gasteiger partial charge in [-0.05, 0) is 78.4 Å². The van der Waals surface area contributed by atoms with Gasteiger partial charge in [0, 0.05) is 22.8 Å². The number of ether oxygens (including phenoxy) is 1. The zero-order chi connectivity index (χ0) is 25.4. The Kier molecular flexibility index (Phi) is 9.25. The van der Waals surface area contributed by atoms with Crippen molar-refractivity contribution in [3.05, 3.63) is 93.6 Å². The fraction of sp³-hybridized carbons (Fsp3) is 0.222. The summed E-state index contributed by atoms with van der Waals surface area (Å²) in [5.74, 6) is -0.759. The highest BCUT2D eigenvalue weighted by Crippen LogP contribution is 2.20. The molecule has 2 atom stereocenters. The van der Waals surface area contributed by atoms with Crippen LogP contribution in [0, 0.1) is 3.57 Å². The van der Waals surface area contributed by atoms with E-state index in [4.69, 9.17) is 4.74 Å². The van der Waals surface area contributed by atoms with Crippen molar-refractivity contribution in [1.82, 2.24) is 10.2 Å². The number of likely N-dealkylation sites (N-methyl/N-ethyl adjacent to an activating group) is 1. The van der Waals surface area contributed by atoms with E-state index in [1.54, 1.807) is 62.2 Å². The van der Waals surface area contributed by atoms with Crippen LogP contribution in [0.1, 0.15) is 29.8 Å². The highest BCUT2D eigenvalue weighted by molar-refractivity contribution is 14.1. The average Bonchev–Trinajstić information content (AvgIpc) is 2.85. The van der Waals surface area contributed by atoms with Gasteiger partial charge >= 0.3 is 0 Å². The molecular formula is C27H28IN3O4. The Morgan fingerprint density at radius 1 is 0.914 bits per heavy atom. The summed E-state index contributed by atoms with van der Waals surface area (Å²) < 4.78 is 6.88. The molecule has 3 aromatic rings. The van der Waals surface area contributed by atoms with Gasteiger partial charge < -0.3 is 20.3 Å². The summed E-state index contributed by atoms with van der Waals surface area (Å²) >= 11 is 2.19. The van der Waals surface area contributed by atoms with E-state index in [-0.39, 0.29) is 23.1 Å². The van der Waals surface area contributed by atoms with Gasteiger partial charge in [0.2, 0.25) is 5.91 Å².